The second-order valence-corrected chi connectivity index (χ2v) is 4.44. The minimum atomic E-state index is -1.05. The third-order valence-electron chi connectivity index (χ3n) is 2.98. The number of rotatable bonds is 4. The van der Waals surface area contributed by atoms with Gasteiger partial charge in [0.25, 0.3) is 5.91 Å². The van der Waals surface area contributed by atoms with Gasteiger partial charge in [-0.3, -0.25) is 14.5 Å². The molecule has 0 bridgehead atoms. The number of benzene rings is 2. The first-order valence-corrected chi connectivity index (χ1v) is 6.24. The molecule has 0 radical (unpaired) electrons. The normalized spacial score (nSPS) is 10.1. The molecule has 0 aromatic heterocycles. The average Bonchev–Trinajstić information content (AvgIpc) is 2.45. The summed E-state index contributed by atoms with van der Waals surface area (Å²) in [6, 6.07) is 16.0. The van der Waals surface area contributed by atoms with E-state index in [0.29, 0.717) is 11.3 Å². The van der Waals surface area contributed by atoms with Crippen molar-refractivity contribution in [3.8, 4) is 0 Å². The highest BCUT2D eigenvalue weighted by Crippen LogP contribution is 2.18. The van der Waals surface area contributed by atoms with Crippen molar-refractivity contribution in [2.24, 2.45) is 0 Å². The van der Waals surface area contributed by atoms with Crippen LogP contribution >= 0.6 is 0 Å². The van der Waals surface area contributed by atoms with Gasteiger partial charge in [-0.05, 0) is 30.7 Å². The number of carbonyl (C=O) groups is 2. The Morgan fingerprint density at radius 1 is 1.00 bits per heavy atom. The van der Waals surface area contributed by atoms with Gasteiger partial charge in [-0.15, -0.1) is 0 Å². The van der Waals surface area contributed by atoms with Gasteiger partial charge in [0, 0.05) is 11.3 Å². The number of aliphatic carboxylic acids is 1. The van der Waals surface area contributed by atoms with Gasteiger partial charge >= 0.3 is 5.97 Å². The van der Waals surface area contributed by atoms with E-state index in [4.69, 9.17) is 5.11 Å². The van der Waals surface area contributed by atoms with Gasteiger partial charge in [0.15, 0.2) is 0 Å². The summed E-state index contributed by atoms with van der Waals surface area (Å²) >= 11 is 0. The summed E-state index contributed by atoms with van der Waals surface area (Å²) in [6.07, 6.45) is 0. The fourth-order valence-electron chi connectivity index (χ4n) is 1.98. The number of aryl methyl sites for hydroxylation is 1. The molecule has 2 rings (SSSR count). The molecule has 0 heterocycles. The highest BCUT2D eigenvalue weighted by Gasteiger charge is 2.21. The lowest BCUT2D eigenvalue weighted by Gasteiger charge is -2.21. The van der Waals surface area contributed by atoms with Crippen molar-refractivity contribution in [2.45, 2.75) is 6.92 Å². The molecule has 1 N–H and O–H groups in total. The highest BCUT2D eigenvalue weighted by atomic mass is 16.4. The summed E-state index contributed by atoms with van der Waals surface area (Å²) < 4.78 is 0. The van der Waals surface area contributed by atoms with E-state index in [1.807, 2.05) is 25.1 Å². The maximum absolute atomic E-state index is 12.6. The molecule has 0 atom stereocenters. The van der Waals surface area contributed by atoms with Gasteiger partial charge in [-0.2, -0.15) is 0 Å². The van der Waals surface area contributed by atoms with Crippen molar-refractivity contribution < 1.29 is 14.7 Å². The zero-order valence-corrected chi connectivity index (χ0v) is 11.1. The maximum atomic E-state index is 12.6. The second-order valence-electron chi connectivity index (χ2n) is 4.44. The number of carboxylic acid groups (broad SMARTS) is 1. The van der Waals surface area contributed by atoms with Crippen molar-refractivity contribution >= 4 is 17.6 Å². The molecular formula is C16H15NO3. The van der Waals surface area contributed by atoms with Gasteiger partial charge in [-0.1, -0.05) is 36.4 Å². The third-order valence-corrected chi connectivity index (χ3v) is 2.98. The van der Waals surface area contributed by atoms with Gasteiger partial charge < -0.3 is 5.11 Å². The lowest BCUT2D eigenvalue weighted by molar-refractivity contribution is -0.135. The number of para-hydroxylation sites is 1. The Balaban J connectivity index is 2.40. The summed E-state index contributed by atoms with van der Waals surface area (Å²) in [5, 5.41) is 9.02. The molecule has 0 fully saturated rings. The molecule has 2 aromatic carbocycles. The number of anilines is 1. The van der Waals surface area contributed by atoms with Crippen LogP contribution in [-0.4, -0.2) is 23.5 Å². The summed E-state index contributed by atoms with van der Waals surface area (Å²) in [4.78, 5) is 24.8. The first kappa shape index (κ1) is 13.8. The minimum Gasteiger partial charge on any atom is -0.480 e. The zero-order chi connectivity index (χ0) is 14.5. The van der Waals surface area contributed by atoms with Crippen LogP contribution in [0.3, 0.4) is 0 Å². The molecule has 0 aliphatic carbocycles. The van der Waals surface area contributed by atoms with Crippen molar-refractivity contribution in [1.29, 1.82) is 0 Å². The summed E-state index contributed by atoms with van der Waals surface area (Å²) in [6.45, 7) is 1.47. The highest BCUT2D eigenvalue weighted by molar-refractivity contribution is 6.08. The van der Waals surface area contributed by atoms with Crippen molar-refractivity contribution in [2.75, 3.05) is 11.4 Å². The van der Waals surface area contributed by atoms with Crippen LogP contribution in [-0.2, 0) is 4.79 Å². The third kappa shape index (κ3) is 3.03. The number of hydrogen-bond acceptors (Lipinski definition) is 2. The molecular weight excluding hydrogens is 254 g/mol. The number of amides is 1. The van der Waals surface area contributed by atoms with Gasteiger partial charge in [0.2, 0.25) is 0 Å². The van der Waals surface area contributed by atoms with Crippen molar-refractivity contribution in [3.63, 3.8) is 0 Å². The smallest absolute Gasteiger partial charge is 0.323 e. The van der Waals surface area contributed by atoms with Crippen molar-refractivity contribution in [3.05, 3.63) is 65.7 Å². The average molecular weight is 269 g/mol. The Morgan fingerprint density at radius 3 is 2.20 bits per heavy atom. The topological polar surface area (TPSA) is 57.6 Å². The molecule has 0 saturated heterocycles. The Kier molecular flexibility index (Phi) is 4.15. The standard InChI is InChI=1S/C16H15NO3/c1-12-7-5-6-10-14(12)16(20)17(11-15(18)19)13-8-3-2-4-9-13/h2-10H,11H2,1H3,(H,18,19). The first-order valence-electron chi connectivity index (χ1n) is 6.24. The molecule has 0 aliphatic rings. The molecule has 0 aliphatic heterocycles. The van der Waals surface area contributed by atoms with E-state index in [-0.39, 0.29) is 12.5 Å². The number of nitrogens with zero attached hydrogens (tertiary/aromatic N) is 1. The quantitative estimate of drug-likeness (QED) is 0.928. The van der Waals surface area contributed by atoms with Crippen LogP contribution in [0, 0.1) is 6.92 Å². The summed E-state index contributed by atoms with van der Waals surface area (Å²) in [5.41, 5.74) is 1.91. The molecule has 2 aromatic rings. The minimum absolute atomic E-state index is 0.309. The van der Waals surface area contributed by atoms with E-state index in [9.17, 15) is 9.59 Å². The molecule has 0 saturated carbocycles. The van der Waals surface area contributed by atoms with E-state index in [2.05, 4.69) is 0 Å². The van der Waals surface area contributed by atoms with Gasteiger partial charge in [-0.25, -0.2) is 0 Å². The molecule has 1 amide bonds. The molecule has 102 valence electrons. The van der Waals surface area contributed by atoms with E-state index in [0.717, 1.165) is 5.56 Å². The number of hydrogen-bond donors (Lipinski definition) is 1. The molecule has 0 unspecified atom stereocenters. The van der Waals surface area contributed by atoms with Crippen LogP contribution in [0.5, 0.6) is 0 Å². The van der Waals surface area contributed by atoms with Crippen molar-refractivity contribution in [1.82, 2.24) is 0 Å². The SMILES string of the molecule is Cc1ccccc1C(=O)N(CC(=O)O)c1ccccc1. The van der Waals surface area contributed by atoms with Crippen LogP contribution in [0.4, 0.5) is 5.69 Å². The maximum Gasteiger partial charge on any atom is 0.323 e. The van der Waals surface area contributed by atoms with Gasteiger partial charge in [0.05, 0.1) is 0 Å². The Labute approximate surface area is 117 Å². The fraction of sp³-hybridized carbons (Fsp3) is 0.125. The number of carbonyl (C=O) groups excluding carboxylic acids is 1. The van der Waals surface area contributed by atoms with Crippen LogP contribution < -0.4 is 4.90 Å². The van der Waals surface area contributed by atoms with E-state index >= 15 is 0 Å². The molecule has 4 heteroatoms. The van der Waals surface area contributed by atoms with E-state index in [1.54, 1.807) is 36.4 Å². The molecule has 4 nitrogen and oxygen atoms in total. The van der Waals surface area contributed by atoms with E-state index in [1.165, 1.54) is 4.90 Å². The zero-order valence-electron chi connectivity index (χ0n) is 11.1. The predicted octanol–water partition coefficient (Wildman–Crippen LogP) is 2.73. The molecule has 0 spiro atoms. The van der Waals surface area contributed by atoms with Crippen LogP contribution in [0.25, 0.3) is 0 Å². The Bertz CT molecular complexity index is 623. The first-order chi connectivity index (χ1) is 9.59. The Morgan fingerprint density at radius 2 is 1.60 bits per heavy atom. The Hall–Kier alpha value is -2.62. The second kappa shape index (κ2) is 6.02. The molecule has 20 heavy (non-hydrogen) atoms. The van der Waals surface area contributed by atoms with E-state index < -0.39 is 5.97 Å². The number of carboxylic acids is 1. The summed E-state index contributed by atoms with van der Waals surface area (Å²) in [5.74, 6) is -1.35. The van der Waals surface area contributed by atoms with Gasteiger partial charge in [0.1, 0.15) is 6.54 Å². The van der Waals surface area contributed by atoms with Crippen LogP contribution in [0.15, 0.2) is 54.6 Å². The van der Waals surface area contributed by atoms with Crippen LogP contribution in [0.1, 0.15) is 15.9 Å². The predicted molar refractivity (Wildman–Crippen MR) is 76.9 cm³/mol. The summed E-state index contributed by atoms with van der Waals surface area (Å²) in [7, 11) is 0. The largest absolute Gasteiger partial charge is 0.480 e. The van der Waals surface area contributed by atoms with Crippen LogP contribution in [0.2, 0.25) is 0 Å². The lowest BCUT2D eigenvalue weighted by atomic mass is 10.1. The fourth-order valence-corrected chi connectivity index (χ4v) is 1.98. The lowest BCUT2D eigenvalue weighted by Crippen LogP contribution is -2.36. The monoisotopic (exact) mass is 269 g/mol.